The Bertz CT molecular complexity index is 828. The molecule has 1 atom stereocenters. The van der Waals surface area contributed by atoms with Crippen molar-refractivity contribution in [1.29, 1.82) is 0 Å². The lowest BCUT2D eigenvalue weighted by atomic mass is 10.3. The smallest absolute Gasteiger partial charge is 0.237 e. The molecular weight excluding hydrogens is 366 g/mol. The third-order valence-corrected chi connectivity index (χ3v) is 4.33. The third kappa shape index (κ3) is 5.92. The predicted octanol–water partition coefficient (Wildman–Crippen LogP) is 2.30. The van der Waals surface area contributed by atoms with Crippen LogP contribution in [0.5, 0.6) is 5.75 Å². The largest absolute Gasteiger partial charge is 0.497 e. The fourth-order valence-electron chi connectivity index (χ4n) is 1.99. The molecule has 2 amide bonds. The SMILES string of the molecule is COc1ccc(NC(=O)C[S@@](=O)CC(=O)Nc2ccc(F)cc2F)cc1. The maximum Gasteiger partial charge on any atom is 0.237 e. The lowest BCUT2D eigenvalue weighted by Crippen LogP contribution is -2.26. The van der Waals surface area contributed by atoms with Crippen LogP contribution in [0.2, 0.25) is 0 Å². The molecule has 0 aliphatic heterocycles. The molecule has 26 heavy (non-hydrogen) atoms. The van der Waals surface area contributed by atoms with Gasteiger partial charge in [0.15, 0.2) is 0 Å². The highest BCUT2D eigenvalue weighted by molar-refractivity contribution is 7.86. The van der Waals surface area contributed by atoms with E-state index in [1.165, 1.54) is 7.11 Å². The lowest BCUT2D eigenvalue weighted by Gasteiger charge is -2.08. The summed E-state index contributed by atoms with van der Waals surface area (Å²) in [5.41, 5.74) is 0.265. The van der Waals surface area contributed by atoms with Crippen molar-refractivity contribution in [2.75, 3.05) is 29.2 Å². The highest BCUT2D eigenvalue weighted by Gasteiger charge is 2.14. The number of benzene rings is 2. The van der Waals surface area contributed by atoms with E-state index < -0.39 is 45.8 Å². The summed E-state index contributed by atoms with van der Waals surface area (Å²) in [6.45, 7) is 0. The van der Waals surface area contributed by atoms with Gasteiger partial charge in [-0.1, -0.05) is 0 Å². The molecule has 0 unspecified atom stereocenters. The van der Waals surface area contributed by atoms with Crippen LogP contribution in [0.1, 0.15) is 0 Å². The van der Waals surface area contributed by atoms with Crippen molar-refractivity contribution >= 4 is 34.0 Å². The Kier molecular flexibility index (Phi) is 6.79. The molecular formula is C17H16F2N2O4S. The van der Waals surface area contributed by atoms with Crippen molar-refractivity contribution in [3.63, 3.8) is 0 Å². The summed E-state index contributed by atoms with van der Waals surface area (Å²) in [7, 11) is -0.276. The van der Waals surface area contributed by atoms with Gasteiger partial charge in [-0.2, -0.15) is 0 Å². The van der Waals surface area contributed by atoms with Gasteiger partial charge in [0, 0.05) is 22.6 Å². The van der Waals surface area contributed by atoms with Gasteiger partial charge in [-0.3, -0.25) is 13.8 Å². The first kappa shape index (κ1) is 19.5. The Balaban J connectivity index is 1.82. The number of hydrogen-bond donors (Lipinski definition) is 2. The number of hydrogen-bond acceptors (Lipinski definition) is 4. The van der Waals surface area contributed by atoms with E-state index in [4.69, 9.17) is 4.74 Å². The standard InChI is InChI=1S/C17H16F2N2O4S/c1-25-13-5-3-12(4-6-13)20-16(22)9-26(24)10-17(23)21-15-7-2-11(18)8-14(15)19/h2-8H,9-10H2,1H3,(H,20,22)(H,21,23)/t26-/m1/s1. The van der Waals surface area contributed by atoms with E-state index in [1.807, 2.05) is 0 Å². The average Bonchev–Trinajstić information content (AvgIpc) is 2.57. The summed E-state index contributed by atoms with van der Waals surface area (Å²) in [6, 6.07) is 9.19. The van der Waals surface area contributed by atoms with Gasteiger partial charge in [0.2, 0.25) is 11.8 Å². The Morgan fingerprint density at radius 3 is 2.19 bits per heavy atom. The van der Waals surface area contributed by atoms with E-state index in [9.17, 15) is 22.6 Å². The Morgan fingerprint density at radius 1 is 1.00 bits per heavy atom. The van der Waals surface area contributed by atoms with Gasteiger partial charge in [0.05, 0.1) is 12.8 Å². The number of amides is 2. The number of carbonyl (C=O) groups is 2. The molecule has 0 heterocycles. The summed E-state index contributed by atoms with van der Waals surface area (Å²) >= 11 is 0. The molecule has 0 spiro atoms. The van der Waals surface area contributed by atoms with Crippen LogP contribution < -0.4 is 15.4 Å². The van der Waals surface area contributed by atoms with Gasteiger partial charge >= 0.3 is 0 Å². The van der Waals surface area contributed by atoms with E-state index in [-0.39, 0.29) is 5.69 Å². The van der Waals surface area contributed by atoms with E-state index in [0.717, 1.165) is 12.1 Å². The van der Waals surface area contributed by atoms with E-state index in [1.54, 1.807) is 24.3 Å². The second-order valence-corrected chi connectivity index (χ2v) is 6.63. The van der Waals surface area contributed by atoms with Gasteiger partial charge in [0.25, 0.3) is 0 Å². The molecule has 0 aliphatic rings. The predicted molar refractivity (Wildman–Crippen MR) is 94.5 cm³/mol. The summed E-state index contributed by atoms with van der Waals surface area (Å²) in [5.74, 6) is -3.27. The van der Waals surface area contributed by atoms with E-state index in [2.05, 4.69) is 10.6 Å². The first-order valence-corrected chi connectivity index (χ1v) is 8.90. The normalized spacial score (nSPS) is 11.5. The van der Waals surface area contributed by atoms with Crippen LogP contribution in [0.15, 0.2) is 42.5 Å². The summed E-state index contributed by atoms with van der Waals surface area (Å²) < 4.78 is 43.2. The van der Waals surface area contributed by atoms with Gasteiger partial charge in [-0.15, -0.1) is 0 Å². The fraction of sp³-hybridized carbons (Fsp3) is 0.176. The molecule has 0 fully saturated rings. The highest BCUT2D eigenvalue weighted by atomic mass is 32.2. The highest BCUT2D eigenvalue weighted by Crippen LogP contribution is 2.16. The maximum absolute atomic E-state index is 13.5. The molecule has 0 bridgehead atoms. The van der Waals surface area contributed by atoms with Crippen molar-refractivity contribution in [1.82, 2.24) is 0 Å². The Labute approximate surface area is 151 Å². The number of ether oxygens (including phenoxy) is 1. The zero-order valence-corrected chi connectivity index (χ0v) is 14.6. The van der Waals surface area contributed by atoms with E-state index >= 15 is 0 Å². The number of methoxy groups -OCH3 is 1. The third-order valence-electron chi connectivity index (χ3n) is 3.16. The summed E-state index contributed by atoms with van der Waals surface area (Å²) in [6.07, 6.45) is 0. The molecule has 138 valence electrons. The number of halogens is 2. The quantitative estimate of drug-likeness (QED) is 0.770. The Hall–Kier alpha value is -2.81. The second-order valence-electron chi connectivity index (χ2n) is 5.18. The maximum atomic E-state index is 13.5. The molecule has 0 saturated carbocycles. The molecule has 6 nitrogen and oxygen atoms in total. The first-order chi connectivity index (χ1) is 12.4. The van der Waals surface area contributed by atoms with Gasteiger partial charge in [0.1, 0.15) is 28.9 Å². The summed E-state index contributed by atoms with van der Waals surface area (Å²) in [4.78, 5) is 23.6. The average molecular weight is 382 g/mol. The van der Waals surface area contributed by atoms with E-state index in [0.29, 0.717) is 17.5 Å². The van der Waals surface area contributed by atoms with Crippen molar-refractivity contribution in [2.24, 2.45) is 0 Å². The number of nitrogens with one attached hydrogen (secondary N) is 2. The van der Waals surface area contributed by atoms with Crippen LogP contribution >= 0.6 is 0 Å². The second kappa shape index (κ2) is 9.04. The van der Waals surface area contributed by atoms with Crippen LogP contribution in [0.3, 0.4) is 0 Å². The zero-order chi connectivity index (χ0) is 19.1. The van der Waals surface area contributed by atoms with Gasteiger partial charge < -0.3 is 15.4 Å². The van der Waals surface area contributed by atoms with Crippen LogP contribution in [0, 0.1) is 11.6 Å². The fourth-order valence-corrected chi connectivity index (χ4v) is 2.82. The lowest BCUT2D eigenvalue weighted by molar-refractivity contribution is -0.114. The van der Waals surface area contributed by atoms with Gasteiger partial charge in [-0.25, -0.2) is 8.78 Å². The molecule has 2 aromatic carbocycles. The van der Waals surface area contributed by atoms with Crippen molar-refractivity contribution in [3.8, 4) is 5.75 Å². The molecule has 0 saturated heterocycles. The van der Waals surface area contributed by atoms with Crippen LogP contribution in [0.25, 0.3) is 0 Å². The molecule has 0 aliphatic carbocycles. The number of anilines is 2. The molecule has 0 aromatic heterocycles. The first-order valence-electron chi connectivity index (χ1n) is 7.41. The molecule has 2 aromatic rings. The monoisotopic (exact) mass is 382 g/mol. The van der Waals surface area contributed by atoms with Crippen LogP contribution in [-0.2, 0) is 20.4 Å². The molecule has 2 rings (SSSR count). The van der Waals surface area contributed by atoms with Crippen molar-refractivity contribution < 1.29 is 27.3 Å². The zero-order valence-electron chi connectivity index (χ0n) is 13.8. The molecule has 2 N–H and O–H groups in total. The number of rotatable bonds is 7. The summed E-state index contributed by atoms with van der Waals surface area (Å²) in [5, 5.41) is 4.73. The minimum atomic E-state index is -1.79. The van der Waals surface area contributed by atoms with Crippen molar-refractivity contribution in [3.05, 3.63) is 54.1 Å². The van der Waals surface area contributed by atoms with Gasteiger partial charge in [-0.05, 0) is 36.4 Å². The number of carbonyl (C=O) groups excluding carboxylic acids is 2. The van der Waals surface area contributed by atoms with Crippen LogP contribution in [-0.4, -0.2) is 34.6 Å². The van der Waals surface area contributed by atoms with Crippen LogP contribution in [0.4, 0.5) is 20.2 Å². The Morgan fingerprint density at radius 2 is 1.62 bits per heavy atom. The minimum absolute atomic E-state index is 0.226. The minimum Gasteiger partial charge on any atom is -0.497 e. The van der Waals surface area contributed by atoms with Crippen molar-refractivity contribution in [2.45, 2.75) is 0 Å². The molecule has 0 radical (unpaired) electrons. The topological polar surface area (TPSA) is 84.5 Å². The molecule has 9 heteroatoms.